The maximum absolute atomic E-state index is 6.13. The number of hydrogen-bond acceptors (Lipinski definition) is 2. The van der Waals surface area contributed by atoms with Gasteiger partial charge in [-0.25, -0.2) is 0 Å². The van der Waals surface area contributed by atoms with Crippen LogP contribution in [0, 0.1) is 5.53 Å². The van der Waals surface area contributed by atoms with E-state index < -0.39 is 0 Å². The first-order valence-electron chi connectivity index (χ1n) is 2.05. The van der Waals surface area contributed by atoms with Crippen molar-refractivity contribution in [3.63, 3.8) is 0 Å². The van der Waals surface area contributed by atoms with Crippen LogP contribution in [0.1, 0.15) is 0 Å². The van der Waals surface area contributed by atoms with Crippen molar-refractivity contribution in [2.45, 2.75) is 0 Å². The van der Waals surface area contributed by atoms with Crippen LogP contribution in [-0.2, 0) is 0 Å². The van der Waals surface area contributed by atoms with Crippen LogP contribution in [-0.4, -0.2) is 22.8 Å². The molecule has 0 atom stereocenters. The van der Waals surface area contributed by atoms with E-state index in [1.54, 1.807) is 0 Å². The van der Waals surface area contributed by atoms with E-state index in [-0.39, 0.29) is 0 Å². The molecule has 0 aliphatic heterocycles. The Kier molecular flexibility index (Phi) is 7.84. The maximum atomic E-state index is 6.13. The van der Waals surface area contributed by atoms with Gasteiger partial charge < -0.3 is 0 Å². The van der Waals surface area contributed by atoms with Crippen LogP contribution >= 0.6 is 0 Å². The second-order valence-electron chi connectivity index (χ2n) is 0.826. The predicted octanol–water partition coefficient (Wildman–Crippen LogP) is 1.57. The average Bonchev–Trinajstić information content (AvgIpc) is 2.03. The zero-order chi connectivity index (χ0) is 8.36. The van der Waals surface area contributed by atoms with Gasteiger partial charge in [-0.15, -0.1) is 0 Å². The molecule has 10 nitrogen and oxygen atoms in total. The fourth-order valence-electron chi connectivity index (χ4n) is 0.129. The Labute approximate surface area is 73.8 Å². The normalized spacial score (nSPS) is 12.8. The van der Waals surface area contributed by atoms with Crippen LogP contribution in [0.4, 0.5) is 0 Å². The summed E-state index contributed by atoms with van der Waals surface area (Å²) in [5.41, 5.74) is 6.13. The van der Waals surface area contributed by atoms with E-state index in [2.05, 4.69) is 45.1 Å². The zero-order valence-electron chi connectivity index (χ0n) is 5.02. The first kappa shape index (κ1) is 9.80. The molecule has 0 amide bonds. The Morgan fingerprint density at radius 3 is 1.64 bits per heavy atom. The molecule has 0 aromatic heterocycles. The van der Waals surface area contributed by atoms with E-state index in [9.17, 15) is 0 Å². The molecule has 0 fully saturated rings. The second-order valence-corrected chi connectivity index (χ2v) is 1.40. The van der Waals surface area contributed by atoms with Gasteiger partial charge in [0.15, 0.2) is 0 Å². The first-order chi connectivity index (χ1) is 5.41. The Morgan fingerprint density at radius 1 is 0.727 bits per heavy atom. The fraction of sp³-hybridized carbons (Fsp3) is 0. The van der Waals surface area contributed by atoms with Crippen LogP contribution in [0.15, 0.2) is 45.1 Å². The van der Waals surface area contributed by atoms with E-state index in [1.165, 1.54) is 0 Å². The molecule has 1 N–H and O–H groups in total. The van der Waals surface area contributed by atoms with Crippen LogP contribution in [0.25, 0.3) is 0 Å². The van der Waals surface area contributed by atoms with Gasteiger partial charge >= 0.3 is 73.5 Å². The number of nitrogens with one attached hydrogen (secondary N) is 1. The summed E-state index contributed by atoms with van der Waals surface area (Å²) in [4.78, 5) is 0. The van der Waals surface area contributed by atoms with Crippen LogP contribution in [0.3, 0.4) is 0 Å². The van der Waals surface area contributed by atoms with Gasteiger partial charge in [-0.3, -0.25) is 0 Å². The minimum absolute atomic E-state index is 0.865. The van der Waals surface area contributed by atoms with Gasteiger partial charge in [-0.2, -0.15) is 0 Å². The molecule has 0 rings (SSSR count). The molecule has 11 heteroatoms. The monoisotopic (exact) mass is 261 g/mol. The van der Waals surface area contributed by atoms with E-state index in [1.807, 2.05) is 0 Å². The Balaban J connectivity index is 3.59. The fourth-order valence-corrected chi connectivity index (χ4v) is 0.244. The molecule has 0 bridgehead atoms. The van der Waals surface area contributed by atoms with Crippen molar-refractivity contribution in [1.29, 1.82) is 5.53 Å². The Morgan fingerprint density at radius 2 is 1.18 bits per heavy atom. The van der Waals surface area contributed by atoms with Gasteiger partial charge in [-0.1, -0.05) is 0 Å². The summed E-state index contributed by atoms with van der Waals surface area (Å²) < 4.78 is 3.32. The zero-order valence-corrected chi connectivity index (χ0v) is 7.88. The average molecular weight is 260 g/mol. The van der Waals surface area contributed by atoms with Crippen molar-refractivity contribution in [2.24, 2.45) is 45.1 Å². The third kappa shape index (κ3) is 8.80. The third-order valence-corrected chi connectivity index (χ3v) is 0.585. The minimum atomic E-state index is 0.865. The first-order valence-corrected chi connectivity index (χ1v) is 3.32. The van der Waals surface area contributed by atoms with Crippen molar-refractivity contribution in [2.75, 3.05) is 0 Å². The molecule has 0 unspecified atom stereocenters. The molecule has 0 heterocycles. The molecule has 0 saturated heterocycles. The number of hydrogen-bond donors (Lipinski definition) is 1. The topological polar surface area (TPSA) is 135 Å². The van der Waals surface area contributed by atoms with Crippen LogP contribution in [0.5, 0.6) is 0 Å². The Bertz CT molecular complexity index is 195. The van der Waals surface area contributed by atoms with Crippen LogP contribution < -0.4 is 0 Å². The number of nitrogens with zero attached hydrogens (tertiary/aromatic N) is 9. The molecule has 0 spiro atoms. The molecule has 3 radical (unpaired) electrons. The Hall–Kier alpha value is -1.20. The summed E-state index contributed by atoms with van der Waals surface area (Å²) in [6.07, 6.45) is 0. The quantitative estimate of drug-likeness (QED) is 0.445. The summed E-state index contributed by atoms with van der Waals surface area (Å²) in [5, 5.41) is 23.3. The molecule has 0 aliphatic rings. The molecule has 0 saturated carbocycles. The van der Waals surface area contributed by atoms with Crippen molar-refractivity contribution in [3.05, 3.63) is 0 Å². The van der Waals surface area contributed by atoms with Gasteiger partial charge in [0.05, 0.1) is 0 Å². The van der Waals surface area contributed by atoms with Crippen molar-refractivity contribution >= 4 is 22.8 Å². The molecular weight excluding hydrogens is 259 g/mol. The predicted molar refractivity (Wildman–Crippen MR) is 30.3 cm³/mol. The van der Waals surface area contributed by atoms with Crippen molar-refractivity contribution < 1.29 is 0 Å². The molecule has 0 aromatic carbocycles. The molecule has 0 aromatic rings. The van der Waals surface area contributed by atoms with Gasteiger partial charge in [0, 0.05) is 0 Å². The van der Waals surface area contributed by atoms with E-state index >= 15 is 0 Å². The van der Waals surface area contributed by atoms with Crippen molar-refractivity contribution in [3.8, 4) is 0 Å². The van der Waals surface area contributed by atoms with Gasteiger partial charge in [0.2, 0.25) is 0 Å². The number of rotatable bonds is 4. The summed E-state index contributed by atoms with van der Waals surface area (Å²) in [6, 6.07) is 0. The summed E-state index contributed by atoms with van der Waals surface area (Å²) in [6.45, 7) is 0. The van der Waals surface area contributed by atoms with Gasteiger partial charge in [0.1, 0.15) is 0 Å². The molecule has 11 heavy (non-hydrogen) atoms. The van der Waals surface area contributed by atoms with Crippen molar-refractivity contribution in [1.82, 2.24) is 0 Å². The second kappa shape index (κ2) is 8.80. The third-order valence-electron chi connectivity index (χ3n) is 0.329. The SMILES string of the molecule is N=N/N=N/N=N/N=N/N=[N]/[Sn]. The van der Waals surface area contributed by atoms with Gasteiger partial charge in [0.25, 0.3) is 0 Å². The van der Waals surface area contributed by atoms with Gasteiger partial charge in [-0.05, 0) is 0 Å². The van der Waals surface area contributed by atoms with E-state index in [0.717, 1.165) is 22.8 Å². The molecule has 55 valence electrons. The summed E-state index contributed by atoms with van der Waals surface area (Å²) in [7, 11) is 0. The van der Waals surface area contributed by atoms with E-state index in [4.69, 9.17) is 5.53 Å². The molecule has 0 aliphatic carbocycles. The summed E-state index contributed by atoms with van der Waals surface area (Å²) in [5.74, 6) is 0. The summed E-state index contributed by atoms with van der Waals surface area (Å²) >= 11 is 0.865. The molecular formula is HN10Sn. The standard InChI is InChI=1S/HN10.Sn/c1-3-5-7-9-10-8-6-4-2;/h1H;/q-1;+1/b3-1?,7-5+,8-6+,10-9+;. The van der Waals surface area contributed by atoms with E-state index in [0.29, 0.717) is 0 Å². The van der Waals surface area contributed by atoms with Crippen LogP contribution in [0.2, 0.25) is 0 Å².